The van der Waals surface area contributed by atoms with E-state index in [-0.39, 0.29) is 12.3 Å². The fourth-order valence-electron chi connectivity index (χ4n) is 1.67. The minimum atomic E-state index is -0.948. The molecule has 19 heavy (non-hydrogen) atoms. The van der Waals surface area contributed by atoms with Crippen molar-refractivity contribution in [2.24, 2.45) is 0 Å². The minimum Gasteiger partial charge on any atom is -0.481 e. The van der Waals surface area contributed by atoms with Crippen molar-refractivity contribution in [2.75, 3.05) is 0 Å². The molecule has 0 saturated heterocycles. The second kappa shape index (κ2) is 5.40. The fraction of sp³-hybridized carbons (Fsp3) is 0.308. The number of hydrogen-bond donors (Lipinski definition) is 1. The van der Waals surface area contributed by atoms with E-state index >= 15 is 0 Å². The molecule has 1 N–H and O–H groups in total. The molecule has 0 atom stereocenters. The maximum Gasteiger partial charge on any atom is 0.311 e. The number of aliphatic carboxylic acids is 1. The molecule has 0 radical (unpaired) electrons. The van der Waals surface area contributed by atoms with Crippen LogP contribution in [-0.2, 0) is 11.2 Å². The van der Waals surface area contributed by atoms with Crippen LogP contribution in [0.3, 0.4) is 0 Å². The Bertz CT molecular complexity index is 608. The second-order valence-corrected chi connectivity index (χ2v) is 4.88. The molecule has 0 spiro atoms. The predicted molar refractivity (Wildman–Crippen MR) is 71.8 cm³/mol. The Kier molecular flexibility index (Phi) is 3.85. The topological polar surface area (TPSA) is 68.0 Å². The van der Waals surface area contributed by atoms with Crippen LogP contribution in [0.4, 0.5) is 0 Å². The number of aromatic nitrogens is 3. The van der Waals surface area contributed by atoms with Crippen LogP contribution in [0.1, 0.15) is 31.4 Å². The number of halogens is 1. The van der Waals surface area contributed by atoms with Crippen LogP contribution < -0.4 is 0 Å². The lowest BCUT2D eigenvalue weighted by atomic mass is 10.2. The summed E-state index contributed by atoms with van der Waals surface area (Å²) in [6.45, 7) is 3.91. The molecule has 2 aromatic rings. The van der Waals surface area contributed by atoms with Crippen LogP contribution in [0, 0.1) is 0 Å². The van der Waals surface area contributed by atoms with Gasteiger partial charge in [-0.2, -0.15) is 5.10 Å². The first kappa shape index (κ1) is 13.5. The van der Waals surface area contributed by atoms with Crippen LogP contribution >= 0.6 is 11.6 Å². The number of rotatable bonds is 4. The minimum absolute atomic E-state index is 0.122. The van der Waals surface area contributed by atoms with Crippen molar-refractivity contribution in [2.45, 2.75) is 26.2 Å². The van der Waals surface area contributed by atoms with E-state index in [1.54, 1.807) is 12.1 Å². The van der Waals surface area contributed by atoms with Gasteiger partial charge in [-0.1, -0.05) is 37.6 Å². The molecule has 0 saturated carbocycles. The molecule has 0 aliphatic rings. The van der Waals surface area contributed by atoms with Gasteiger partial charge in [0.1, 0.15) is 12.2 Å². The Balaban J connectivity index is 2.54. The van der Waals surface area contributed by atoms with Crippen molar-refractivity contribution in [1.29, 1.82) is 0 Å². The van der Waals surface area contributed by atoms with E-state index in [1.165, 1.54) is 4.68 Å². The molecule has 1 aromatic heterocycles. The Hall–Kier alpha value is -1.88. The molecule has 1 heterocycles. The summed E-state index contributed by atoms with van der Waals surface area (Å²) in [5, 5.41) is 13.8. The quantitative estimate of drug-likeness (QED) is 0.934. The van der Waals surface area contributed by atoms with Crippen LogP contribution in [0.25, 0.3) is 5.69 Å². The number of benzene rings is 1. The van der Waals surface area contributed by atoms with Crippen molar-refractivity contribution >= 4 is 17.6 Å². The van der Waals surface area contributed by atoms with Gasteiger partial charge in [-0.25, -0.2) is 9.67 Å². The van der Waals surface area contributed by atoms with Crippen LogP contribution in [0.2, 0.25) is 5.02 Å². The molecule has 0 fully saturated rings. The number of hydrogen-bond acceptors (Lipinski definition) is 3. The van der Waals surface area contributed by atoms with Crippen LogP contribution in [0.15, 0.2) is 24.3 Å². The molecular formula is C13H14ClN3O2. The molecule has 0 unspecified atom stereocenters. The van der Waals surface area contributed by atoms with Gasteiger partial charge in [0.2, 0.25) is 0 Å². The third-order valence-corrected chi connectivity index (χ3v) is 2.92. The zero-order valence-electron chi connectivity index (χ0n) is 10.7. The van der Waals surface area contributed by atoms with E-state index in [4.69, 9.17) is 16.7 Å². The third-order valence-electron chi connectivity index (χ3n) is 2.60. The first-order valence-electron chi connectivity index (χ1n) is 5.91. The summed E-state index contributed by atoms with van der Waals surface area (Å²) in [5.41, 5.74) is 0.639. The Morgan fingerprint density at radius 3 is 2.68 bits per heavy atom. The Morgan fingerprint density at radius 1 is 1.42 bits per heavy atom. The van der Waals surface area contributed by atoms with Gasteiger partial charge in [0.15, 0.2) is 5.82 Å². The molecule has 1 aromatic carbocycles. The lowest BCUT2D eigenvalue weighted by molar-refractivity contribution is -0.136. The average Bonchev–Trinajstić information content (AvgIpc) is 2.73. The van der Waals surface area contributed by atoms with Gasteiger partial charge in [0, 0.05) is 5.92 Å². The largest absolute Gasteiger partial charge is 0.481 e. The summed E-state index contributed by atoms with van der Waals surface area (Å²) in [4.78, 5) is 15.2. The summed E-state index contributed by atoms with van der Waals surface area (Å²) in [5.74, 6) is 0.160. The van der Waals surface area contributed by atoms with Crippen molar-refractivity contribution in [3.05, 3.63) is 40.9 Å². The lowest BCUT2D eigenvalue weighted by Crippen LogP contribution is -2.09. The molecule has 0 aliphatic carbocycles. The SMILES string of the molecule is CC(C)c1nc(CC(=O)O)n(-c2ccccc2Cl)n1. The first-order valence-corrected chi connectivity index (χ1v) is 6.29. The average molecular weight is 280 g/mol. The zero-order valence-corrected chi connectivity index (χ0v) is 11.4. The standard InChI is InChI=1S/C13H14ClN3O2/c1-8(2)13-15-11(7-12(18)19)17(16-13)10-6-4-3-5-9(10)14/h3-6,8H,7H2,1-2H3,(H,18,19). The monoisotopic (exact) mass is 279 g/mol. The molecule has 5 nitrogen and oxygen atoms in total. The number of carboxylic acid groups (broad SMARTS) is 1. The van der Waals surface area contributed by atoms with Gasteiger partial charge in [-0.15, -0.1) is 0 Å². The maximum atomic E-state index is 10.9. The predicted octanol–water partition coefficient (Wildman–Crippen LogP) is 2.67. The van der Waals surface area contributed by atoms with Gasteiger partial charge < -0.3 is 5.11 Å². The molecule has 6 heteroatoms. The summed E-state index contributed by atoms with van der Waals surface area (Å²) in [7, 11) is 0. The Labute approximate surface area is 115 Å². The number of carbonyl (C=O) groups is 1. The second-order valence-electron chi connectivity index (χ2n) is 4.47. The van der Waals surface area contributed by atoms with Crippen molar-refractivity contribution in [3.63, 3.8) is 0 Å². The molecule has 0 aliphatic heterocycles. The third kappa shape index (κ3) is 2.93. The molecule has 0 bridgehead atoms. The summed E-state index contributed by atoms with van der Waals surface area (Å²) >= 11 is 6.12. The van der Waals surface area contributed by atoms with Crippen molar-refractivity contribution < 1.29 is 9.90 Å². The summed E-state index contributed by atoms with van der Waals surface area (Å²) in [6.07, 6.45) is -0.190. The highest BCUT2D eigenvalue weighted by molar-refractivity contribution is 6.32. The van der Waals surface area contributed by atoms with Gasteiger partial charge in [-0.3, -0.25) is 4.79 Å². The first-order chi connectivity index (χ1) is 8.99. The highest BCUT2D eigenvalue weighted by Gasteiger charge is 2.17. The fourth-order valence-corrected chi connectivity index (χ4v) is 1.89. The van der Waals surface area contributed by atoms with Crippen LogP contribution in [-0.4, -0.2) is 25.8 Å². The normalized spacial score (nSPS) is 10.9. The summed E-state index contributed by atoms with van der Waals surface area (Å²) in [6, 6.07) is 7.15. The highest BCUT2D eigenvalue weighted by Crippen LogP contribution is 2.22. The van der Waals surface area contributed by atoms with Gasteiger partial charge in [0.05, 0.1) is 10.7 Å². The Morgan fingerprint density at radius 2 is 2.11 bits per heavy atom. The lowest BCUT2D eigenvalue weighted by Gasteiger charge is -2.06. The van der Waals surface area contributed by atoms with E-state index in [1.807, 2.05) is 26.0 Å². The molecule has 2 rings (SSSR count). The summed E-state index contributed by atoms with van der Waals surface area (Å²) < 4.78 is 1.51. The zero-order chi connectivity index (χ0) is 14.0. The number of para-hydroxylation sites is 1. The van der Waals surface area contributed by atoms with E-state index < -0.39 is 5.97 Å². The molecular weight excluding hydrogens is 266 g/mol. The number of nitrogens with zero attached hydrogens (tertiary/aromatic N) is 3. The van der Waals surface area contributed by atoms with E-state index in [0.29, 0.717) is 22.4 Å². The van der Waals surface area contributed by atoms with Crippen molar-refractivity contribution in [1.82, 2.24) is 14.8 Å². The number of carboxylic acids is 1. The van der Waals surface area contributed by atoms with E-state index in [9.17, 15) is 4.79 Å². The molecule has 0 amide bonds. The van der Waals surface area contributed by atoms with E-state index in [2.05, 4.69) is 10.1 Å². The highest BCUT2D eigenvalue weighted by atomic mass is 35.5. The maximum absolute atomic E-state index is 10.9. The van der Waals surface area contributed by atoms with Crippen LogP contribution in [0.5, 0.6) is 0 Å². The van der Waals surface area contributed by atoms with Crippen molar-refractivity contribution in [3.8, 4) is 5.69 Å². The van der Waals surface area contributed by atoms with E-state index in [0.717, 1.165) is 0 Å². The molecule has 100 valence electrons. The van der Waals surface area contributed by atoms with Gasteiger partial charge in [0.25, 0.3) is 0 Å². The van der Waals surface area contributed by atoms with Gasteiger partial charge in [-0.05, 0) is 12.1 Å². The van der Waals surface area contributed by atoms with Gasteiger partial charge >= 0.3 is 5.97 Å². The smallest absolute Gasteiger partial charge is 0.311 e.